The Bertz CT molecular complexity index is 147. The van der Waals surface area contributed by atoms with Crippen molar-refractivity contribution >= 4 is 5.97 Å². The Kier molecular flexibility index (Phi) is 6.54. The summed E-state index contributed by atoms with van der Waals surface area (Å²) in [6.45, 7) is 5.96. The third kappa shape index (κ3) is 7.74. The molecule has 0 aliphatic carbocycles. The highest BCUT2D eigenvalue weighted by Gasteiger charge is 2.06. The molecule has 78 valence electrons. The van der Waals surface area contributed by atoms with Crippen LogP contribution in [-0.2, 0) is 19.0 Å². The van der Waals surface area contributed by atoms with Gasteiger partial charge in [-0.1, -0.05) is 0 Å². The Morgan fingerprint density at radius 3 is 2.31 bits per heavy atom. The van der Waals surface area contributed by atoms with Gasteiger partial charge in [-0.2, -0.15) is 0 Å². The SMILES string of the molecule is CO[C@H](C)CO[C@@H](C)COC(C)=O. The first kappa shape index (κ1) is 12.4. The van der Waals surface area contributed by atoms with Crippen molar-refractivity contribution in [2.75, 3.05) is 20.3 Å². The molecule has 0 aliphatic heterocycles. The summed E-state index contributed by atoms with van der Waals surface area (Å²) in [5.74, 6) is -0.282. The molecule has 0 aliphatic rings. The summed E-state index contributed by atoms with van der Waals surface area (Å²) in [6, 6.07) is 0. The molecule has 0 heterocycles. The lowest BCUT2D eigenvalue weighted by atomic mass is 10.4. The molecule has 0 amide bonds. The summed E-state index contributed by atoms with van der Waals surface area (Å²) in [5, 5.41) is 0. The molecular weight excluding hydrogens is 172 g/mol. The van der Waals surface area contributed by atoms with Crippen molar-refractivity contribution < 1.29 is 19.0 Å². The molecule has 2 atom stereocenters. The van der Waals surface area contributed by atoms with Crippen LogP contribution < -0.4 is 0 Å². The van der Waals surface area contributed by atoms with Gasteiger partial charge < -0.3 is 14.2 Å². The highest BCUT2D eigenvalue weighted by atomic mass is 16.6. The maximum absolute atomic E-state index is 10.4. The summed E-state index contributed by atoms with van der Waals surface area (Å²) in [4.78, 5) is 10.4. The zero-order chi connectivity index (χ0) is 10.3. The Morgan fingerprint density at radius 2 is 1.85 bits per heavy atom. The maximum atomic E-state index is 10.4. The molecule has 0 unspecified atom stereocenters. The van der Waals surface area contributed by atoms with Crippen LogP contribution in [0.2, 0.25) is 0 Å². The van der Waals surface area contributed by atoms with Crippen LogP contribution in [0.15, 0.2) is 0 Å². The van der Waals surface area contributed by atoms with E-state index in [-0.39, 0.29) is 18.2 Å². The normalized spacial score (nSPS) is 15.1. The number of rotatable bonds is 6. The Morgan fingerprint density at radius 1 is 1.23 bits per heavy atom. The summed E-state index contributed by atoms with van der Waals surface area (Å²) >= 11 is 0. The van der Waals surface area contributed by atoms with Crippen molar-refractivity contribution in [3.05, 3.63) is 0 Å². The second-order valence-electron chi connectivity index (χ2n) is 2.99. The van der Waals surface area contributed by atoms with Crippen molar-refractivity contribution in [1.29, 1.82) is 0 Å². The first-order valence-corrected chi connectivity index (χ1v) is 4.34. The molecule has 0 N–H and O–H groups in total. The van der Waals surface area contributed by atoms with Gasteiger partial charge in [0.15, 0.2) is 0 Å². The Hall–Kier alpha value is -0.610. The van der Waals surface area contributed by atoms with Gasteiger partial charge in [-0.15, -0.1) is 0 Å². The number of hydrogen-bond acceptors (Lipinski definition) is 4. The predicted octanol–water partition coefficient (Wildman–Crippen LogP) is 0.989. The number of esters is 1. The van der Waals surface area contributed by atoms with Crippen LogP contribution in [0.25, 0.3) is 0 Å². The van der Waals surface area contributed by atoms with Gasteiger partial charge in [0.2, 0.25) is 0 Å². The quantitative estimate of drug-likeness (QED) is 0.586. The Labute approximate surface area is 79.2 Å². The first-order valence-electron chi connectivity index (χ1n) is 4.34. The van der Waals surface area contributed by atoms with Crippen LogP contribution in [0.3, 0.4) is 0 Å². The monoisotopic (exact) mass is 190 g/mol. The van der Waals surface area contributed by atoms with E-state index in [1.807, 2.05) is 13.8 Å². The fraction of sp³-hybridized carbons (Fsp3) is 0.889. The number of ether oxygens (including phenoxy) is 3. The van der Waals surface area contributed by atoms with Crippen molar-refractivity contribution in [3.8, 4) is 0 Å². The molecule has 0 radical (unpaired) electrons. The van der Waals surface area contributed by atoms with Crippen LogP contribution in [0.1, 0.15) is 20.8 Å². The highest BCUT2D eigenvalue weighted by molar-refractivity contribution is 5.65. The zero-order valence-electron chi connectivity index (χ0n) is 8.70. The molecular formula is C9H18O4. The molecule has 13 heavy (non-hydrogen) atoms. The first-order chi connectivity index (χ1) is 6.06. The van der Waals surface area contributed by atoms with E-state index in [1.165, 1.54) is 6.92 Å². The molecule has 0 saturated carbocycles. The number of methoxy groups -OCH3 is 1. The molecule has 0 saturated heterocycles. The van der Waals surface area contributed by atoms with Crippen molar-refractivity contribution in [3.63, 3.8) is 0 Å². The van der Waals surface area contributed by atoms with Gasteiger partial charge in [-0.05, 0) is 13.8 Å². The van der Waals surface area contributed by atoms with Crippen molar-refractivity contribution in [2.24, 2.45) is 0 Å². The lowest BCUT2D eigenvalue weighted by Gasteiger charge is -2.15. The molecule has 4 heteroatoms. The topological polar surface area (TPSA) is 44.8 Å². The van der Waals surface area contributed by atoms with Crippen LogP contribution in [0.5, 0.6) is 0 Å². The van der Waals surface area contributed by atoms with Gasteiger partial charge in [0.05, 0.1) is 18.8 Å². The smallest absolute Gasteiger partial charge is 0.302 e. The van der Waals surface area contributed by atoms with Crippen LogP contribution >= 0.6 is 0 Å². The molecule has 0 rings (SSSR count). The number of hydrogen-bond donors (Lipinski definition) is 0. The van der Waals surface area contributed by atoms with E-state index >= 15 is 0 Å². The average Bonchev–Trinajstić information content (AvgIpc) is 2.10. The lowest BCUT2D eigenvalue weighted by Crippen LogP contribution is -2.23. The van der Waals surface area contributed by atoms with Crippen molar-refractivity contribution in [2.45, 2.75) is 33.0 Å². The second-order valence-corrected chi connectivity index (χ2v) is 2.99. The van der Waals surface area contributed by atoms with Crippen LogP contribution in [0, 0.1) is 0 Å². The molecule has 4 nitrogen and oxygen atoms in total. The van der Waals surface area contributed by atoms with E-state index in [0.717, 1.165) is 0 Å². The minimum atomic E-state index is -0.282. The number of carbonyl (C=O) groups excluding carboxylic acids is 1. The molecule has 0 fully saturated rings. The van der Waals surface area contributed by atoms with Gasteiger partial charge in [0, 0.05) is 14.0 Å². The summed E-state index contributed by atoms with van der Waals surface area (Å²) < 4.78 is 15.1. The molecule has 0 spiro atoms. The van der Waals surface area contributed by atoms with E-state index in [4.69, 9.17) is 14.2 Å². The van der Waals surface area contributed by atoms with Crippen molar-refractivity contribution in [1.82, 2.24) is 0 Å². The molecule has 0 aromatic rings. The standard InChI is InChI=1S/C9H18O4/c1-7(11-4)5-12-8(2)6-13-9(3)10/h7-8H,5-6H2,1-4H3/t7-,8+/m1/s1. The highest BCUT2D eigenvalue weighted by Crippen LogP contribution is 1.96. The Balaban J connectivity index is 3.39. The van der Waals surface area contributed by atoms with E-state index in [0.29, 0.717) is 13.2 Å². The van der Waals surface area contributed by atoms with Gasteiger partial charge in [0.25, 0.3) is 0 Å². The van der Waals surface area contributed by atoms with E-state index in [9.17, 15) is 4.79 Å². The predicted molar refractivity (Wildman–Crippen MR) is 48.5 cm³/mol. The maximum Gasteiger partial charge on any atom is 0.302 e. The minimum absolute atomic E-state index is 0.0692. The average molecular weight is 190 g/mol. The summed E-state index contributed by atoms with van der Waals surface area (Å²) in [6.07, 6.45) is -0.0127. The van der Waals surface area contributed by atoms with Gasteiger partial charge in [-0.3, -0.25) is 4.79 Å². The van der Waals surface area contributed by atoms with Crippen LogP contribution in [0.4, 0.5) is 0 Å². The third-order valence-electron chi connectivity index (χ3n) is 1.54. The molecule has 0 bridgehead atoms. The van der Waals surface area contributed by atoms with E-state index in [1.54, 1.807) is 7.11 Å². The fourth-order valence-corrected chi connectivity index (χ4v) is 0.651. The van der Waals surface area contributed by atoms with E-state index in [2.05, 4.69) is 0 Å². The summed E-state index contributed by atoms with van der Waals surface area (Å²) in [5.41, 5.74) is 0. The van der Waals surface area contributed by atoms with Gasteiger partial charge >= 0.3 is 5.97 Å². The summed E-state index contributed by atoms with van der Waals surface area (Å²) in [7, 11) is 1.63. The van der Waals surface area contributed by atoms with Gasteiger partial charge in [-0.25, -0.2) is 0 Å². The fourth-order valence-electron chi connectivity index (χ4n) is 0.651. The third-order valence-corrected chi connectivity index (χ3v) is 1.54. The molecule has 0 aromatic heterocycles. The molecule has 0 aromatic carbocycles. The number of carbonyl (C=O) groups is 1. The van der Waals surface area contributed by atoms with Gasteiger partial charge in [0.1, 0.15) is 6.61 Å². The van der Waals surface area contributed by atoms with Crippen LogP contribution in [-0.4, -0.2) is 38.5 Å². The lowest BCUT2D eigenvalue weighted by molar-refractivity contribution is -0.145. The zero-order valence-corrected chi connectivity index (χ0v) is 8.70. The van der Waals surface area contributed by atoms with E-state index < -0.39 is 0 Å². The second kappa shape index (κ2) is 6.86. The largest absolute Gasteiger partial charge is 0.463 e. The minimum Gasteiger partial charge on any atom is -0.463 e.